The summed E-state index contributed by atoms with van der Waals surface area (Å²) in [5, 5.41) is 10.8. The number of ether oxygens (including phenoxy) is 1. The van der Waals surface area contributed by atoms with Gasteiger partial charge in [0.15, 0.2) is 6.61 Å². The van der Waals surface area contributed by atoms with E-state index in [4.69, 9.17) is 4.74 Å². The first kappa shape index (κ1) is 17.1. The Balaban J connectivity index is 1.99. The van der Waals surface area contributed by atoms with E-state index >= 15 is 0 Å². The predicted molar refractivity (Wildman–Crippen MR) is 86.4 cm³/mol. The first-order valence-electron chi connectivity index (χ1n) is 7.16. The number of nitrogens with zero attached hydrogens (tertiary/aromatic N) is 5. The van der Waals surface area contributed by atoms with Gasteiger partial charge in [-0.3, -0.25) is 4.79 Å². The van der Waals surface area contributed by atoms with E-state index in [1.54, 1.807) is 36.4 Å². The molecular formula is C16H17N5O3. The van der Waals surface area contributed by atoms with E-state index < -0.39 is 5.97 Å². The van der Waals surface area contributed by atoms with E-state index in [0.717, 1.165) is 0 Å². The molecule has 1 aromatic carbocycles. The summed E-state index contributed by atoms with van der Waals surface area (Å²) < 4.78 is 6.49. The predicted octanol–water partition coefficient (Wildman–Crippen LogP) is 1.02. The van der Waals surface area contributed by atoms with E-state index in [1.165, 1.54) is 15.9 Å². The lowest BCUT2D eigenvalue weighted by molar-refractivity contribution is -0.133. The molecule has 0 bridgehead atoms. The zero-order valence-electron chi connectivity index (χ0n) is 13.0. The van der Waals surface area contributed by atoms with Crippen molar-refractivity contribution in [1.29, 1.82) is 0 Å². The maximum atomic E-state index is 12.1. The van der Waals surface area contributed by atoms with Crippen LogP contribution in [0.4, 0.5) is 0 Å². The molecule has 0 N–H and O–H groups in total. The number of hydrogen-bond donors (Lipinski definition) is 0. The maximum Gasteiger partial charge on any atom is 0.338 e. The van der Waals surface area contributed by atoms with E-state index in [9.17, 15) is 9.59 Å². The zero-order valence-corrected chi connectivity index (χ0v) is 13.0. The maximum absolute atomic E-state index is 12.1. The molecule has 1 aromatic heterocycles. The number of amides is 1. The standard InChI is InChI=1S/C16H17N5O3/c1-3-8-20(9-4-2)15(22)11-24-16(23)13-6-5-7-14(10-13)21-12-17-18-19-21/h3-7,10,12H,1-2,8-9,11H2. The molecule has 0 unspecified atom stereocenters. The van der Waals surface area contributed by atoms with Crippen molar-refractivity contribution >= 4 is 11.9 Å². The lowest BCUT2D eigenvalue weighted by Crippen LogP contribution is -2.35. The van der Waals surface area contributed by atoms with Gasteiger partial charge in [0.1, 0.15) is 6.33 Å². The van der Waals surface area contributed by atoms with Crippen LogP contribution in [0.5, 0.6) is 0 Å². The molecule has 124 valence electrons. The van der Waals surface area contributed by atoms with Crippen molar-refractivity contribution in [2.45, 2.75) is 0 Å². The molecule has 0 atom stereocenters. The van der Waals surface area contributed by atoms with Gasteiger partial charge in [0.05, 0.1) is 11.3 Å². The van der Waals surface area contributed by atoms with Crippen molar-refractivity contribution in [3.63, 3.8) is 0 Å². The number of carbonyl (C=O) groups excluding carboxylic acids is 2. The van der Waals surface area contributed by atoms with Crippen LogP contribution in [0.3, 0.4) is 0 Å². The molecule has 0 aliphatic carbocycles. The van der Waals surface area contributed by atoms with E-state index in [0.29, 0.717) is 24.3 Å². The molecule has 0 spiro atoms. The van der Waals surface area contributed by atoms with Crippen molar-refractivity contribution in [2.24, 2.45) is 0 Å². The first-order chi connectivity index (χ1) is 11.7. The lowest BCUT2D eigenvalue weighted by Gasteiger charge is -2.18. The minimum Gasteiger partial charge on any atom is -0.452 e. The summed E-state index contributed by atoms with van der Waals surface area (Å²) in [6.07, 6.45) is 4.61. The highest BCUT2D eigenvalue weighted by atomic mass is 16.5. The van der Waals surface area contributed by atoms with Crippen LogP contribution in [0.15, 0.2) is 55.9 Å². The molecule has 0 aliphatic rings. The second kappa shape index (κ2) is 8.37. The summed E-state index contributed by atoms with van der Waals surface area (Å²) in [4.78, 5) is 25.6. The van der Waals surface area contributed by atoms with Crippen LogP contribution < -0.4 is 0 Å². The summed E-state index contributed by atoms with van der Waals surface area (Å²) in [5.74, 6) is -0.921. The first-order valence-corrected chi connectivity index (χ1v) is 7.16. The van der Waals surface area contributed by atoms with Gasteiger partial charge in [-0.15, -0.1) is 18.3 Å². The molecule has 0 aliphatic heterocycles. The van der Waals surface area contributed by atoms with E-state index in [2.05, 4.69) is 28.7 Å². The Morgan fingerprint density at radius 2 is 2.00 bits per heavy atom. The average molecular weight is 327 g/mol. The highest BCUT2D eigenvalue weighted by Gasteiger charge is 2.15. The van der Waals surface area contributed by atoms with Crippen molar-refractivity contribution in [3.8, 4) is 5.69 Å². The Bertz CT molecular complexity index is 717. The number of esters is 1. The molecule has 0 saturated heterocycles. The monoisotopic (exact) mass is 327 g/mol. The van der Waals surface area contributed by atoms with E-state index in [1.807, 2.05) is 0 Å². The fourth-order valence-electron chi connectivity index (χ4n) is 1.95. The van der Waals surface area contributed by atoms with Crippen LogP contribution in [0.2, 0.25) is 0 Å². The van der Waals surface area contributed by atoms with Gasteiger partial charge < -0.3 is 9.64 Å². The van der Waals surface area contributed by atoms with Crippen LogP contribution in [0.1, 0.15) is 10.4 Å². The van der Waals surface area contributed by atoms with Crippen molar-refractivity contribution in [3.05, 3.63) is 61.5 Å². The largest absolute Gasteiger partial charge is 0.452 e. The minimum atomic E-state index is -0.601. The normalized spacial score (nSPS) is 10.0. The average Bonchev–Trinajstić information content (AvgIpc) is 3.14. The van der Waals surface area contributed by atoms with Crippen LogP contribution in [0, 0.1) is 0 Å². The van der Waals surface area contributed by atoms with Gasteiger partial charge >= 0.3 is 5.97 Å². The van der Waals surface area contributed by atoms with Gasteiger partial charge in [0.2, 0.25) is 0 Å². The molecule has 2 rings (SSSR count). The molecule has 0 radical (unpaired) electrons. The lowest BCUT2D eigenvalue weighted by atomic mass is 10.2. The molecular weight excluding hydrogens is 310 g/mol. The fourth-order valence-corrected chi connectivity index (χ4v) is 1.95. The van der Waals surface area contributed by atoms with Crippen LogP contribution >= 0.6 is 0 Å². The molecule has 8 nitrogen and oxygen atoms in total. The number of hydrogen-bond acceptors (Lipinski definition) is 6. The van der Waals surface area contributed by atoms with Gasteiger partial charge in [-0.1, -0.05) is 18.2 Å². The molecule has 0 fully saturated rings. The summed E-state index contributed by atoms with van der Waals surface area (Å²) in [5.41, 5.74) is 0.913. The Labute approximate surface area is 139 Å². The zero-order chi connectivity index (χ0) is 17.4. The number of aromatic nitrogens is 4. The highest BCUT2D eigenvalue weighted by Crippen LogP contribution is 2.10. The molecule has 0 saturated carbocycles. The molecule has 1 heterocycles. The number of tetrazole rings is 1. The summed E-state index contributed by atoms with van der Waals surface area (Å²) in [6.45, 7) is 7.54. The van der Waals surface area contributed by atoms with Gasteiger partial charge in [-0.25, -0.2) is 9.48 Å². The third-order valence-electron chi connectivity index (χ3n) is 3.07. The molecule has 24 heavy (non-hydrogen) atoms. The Morgan fingerprint density at radius 1 is 1.25 bits per heavy atom. The van der Waals surface area contributed by atoms with Gasteiger partial charge in [0, 0.05) is 13.1 Å². The van der Waals surface area contributed by atoms with Crippen molar-refractivity contribution in [2.75, 3.05) is 19.7 Å². The SMILES string of the molecule is C=CCN(CC=C)C(=O)COC(=O)c1cccc(-n2cnnn2)c1. The highest BCUT2D eigenvalue weighted by molar-refractivity contribution is 5.91. The van der Waals surface area contributed by atoms with Crippen LogP contribution in [-0.2, 0) is 9.53 Å². The van der Waals surface area contributed by atoms with Crippen LogP contribution in [-0.4, -0.2) is 56.7 Å². The van der Waals surface area contributed by atoms with Crippen LogP contribution in [0.25, 0.3) is 5.69 Å². The second-order valence-corrected chi connectivity index (χ2v) is 4.76. The molecule has 1 amide bonds. The van der Waals surface area contributed by atoms with Gasteiger partial charge in [-0.05, 0) is 28.6 Å². The Morgan fingerprint density at radius 3 is 2.62 bits per heavy atom. The molecule has 2 aromatic rings. The fraction of sp³-hybridized carbons (Fsp3) is 0.188. The number of carbonyl (C=O) groups is 2. The van der Waals surface area contributed by atoms with E-state index in [-0.39, 0.29) is 12.5 Å². The summed E-state index contributed by atoms with van der Waals surface area (Å²) in [6, 6.07) is 6.59. The summed E-state index contributed by atoms with van der Waals surface area (Å²) in [7, 11) is 0. The number of rotatable bonds is 8. The molecule has 8 heteroatoms. The minimum absolute atomic E-state index is 0.301. The second-order valence-electron chi connectivity index (χ2n) is 4.76. The third kappa shape index (κ3) is 4.35. The topological polar surface area (TPSA) is 90.2 Å². The Kier molecular flexibility index (Phi) is 5.95. The Hall–Kier alpha value is -3.29. The quantitative estimate of drug-likeness (QED) is 0.531. The van der Waals surface area contributed by atoms with Gasteiger partial charge in [0.25, 0.3) is 5.91 Å². The third-order valence-corrected chi connectivity index (χ3v) is 3.07. The smallest absolute Gasteiger partial charge is 0.338 e. The van der Waals surface area contributed by atoms with Crippen molar-refractivity contribution in [1.82, 2.24) is 25.1 Å². The number of benzene rings is 1. The van der Waals surface area contributed by atoms with Crippen molar-refractivity contribution < 1.29 is 14.3 Å². The van der Waals surface area contributed by atoms with Gasteiger partial charge in [-0.2, -0.15) is 0 Å². The summed E-state index contributed by atoms with van der Waals surface area (Å²) >= 11 is 0.